The molecule has 1 amide bonds. The normalized spacial score (nSPS) is 11.1. The van der Waals surface area contributed by atoms with Gasteiger partial charge < -0.3 is 4.90 Å². The van der Waals surface area contributed by atoms with Crippen molar-refractivity contribution in [2.75, 3.05) is 11.9 Å². The van der Waals surface area contributed by atoms with Gasteiger partial charge in [-0.15, -0.1) is 0 Å². The van der Waals surface area contributed by atoms with Crippen molar-refractivity contribution in [1.29, 1.82) is 0 Å². The summed E-state index contributed by atoms with van der Waals surface area (Å²) in [6, 6.07) is 7.10. The van der Waals surface area contributed by atoms with Gasteiger partial charge in [0.15, 0.2) is 5.78 Å². The van der Waals surface area contributed by atoms with Crippen LogP contribution < -0.4 is 4.90 Å². The molecule has 0 fully saturated rings. The van der Waals surface area contributed by atoms with Gasteiger partial charge in [-0.1, -0.05) is 20.8 Å². The van der Waals surface area contributed by atoms with E-state index in [1.54, 1.807) is 31.3 Å². The van der Waals surface area contributed by atoms with E-state index in [-0.39, 0.29) is 11.2 Å². The molecule has 0 spiro atoms. The van der Waals surface area contributed by atoms with Crippen LogP contribution in [0.2, 0.25) is 0 Å². The van der Waals surface area contributed by atoms with Gasteiger partial charge in [0.2, 0.25) is 6.41 Å². The van der Waals surface area contributed by atoms with Crippen molar-refractivity contribution in [2.24, 2.45) is 5.41 Å². The lowest BCUT2D eigenvalue weighted by molar-refractivity contribution is -0.107. The minimum atomic E-state index is -0.00462. The molecule has 0 saturated heterocycles. The number of hydrogen-bond acceptors (Lipinski definition) is 2. The second-order valence-corrected chi connectivity index (χ2v) is 5.42. The van der Waals surface area contributed by atoms with E-state index < -0.39 is 0 Å². The fourth-order valence-electron chi connectivity index (χ4n) is 1.53. The van der Waals surface area contributed by atoms with E-state index in [0.29, 0.717) is 12.0 Å². The maximum absolute atomic E-state index is 11.9. The summed E-state index contributed by atoms with van der Waals surface area (Å²) < 4.78 is 0. The number of rotatable bonds is 4. The Labute approximate surface area is 102 Å². The number of amides is 1. The number of anilines is 1. The first-order valence-electron chi connectivity index (χ1n) is 5.65. The van der Waals surface area contributed by atoms with E-state index in [0.717, 1.165) is 12.1 Å². The van der Waals surface area contributed by atoms with E-state index in [2.05, 4.69) is 0 Å². The minimum absolute atomic E-state index is 0.00462. The summed E-state index contributed by atoms with van der Waals surface area (Å²) in [5, 5.41) is 0. The van der Waals surface area contributed by atoms with Crippen LogP contribution in [0.15, 0.2) is 24.3 Å². The summed E-state index contributed by atoms with van der Waals surface area (Å²) in [5.74, 6) is 0.137. The average molecular weight is 233 g/mol. The molecule has 0 aliphatic rings. The summed E-state index contributed by atoms with van der Waals surface area (Å²) >= 11 is 0. The highest BCUT2D eigenvalue weighted by molar-refractivity contribution is 5.96. The molecule has 0 heterocycles. The predicted molar refractivity (Wildman–Crippen MR) is 69.3 cm³/mol. The van der Waals surface area contributed by atoms with Crippen LogP contribution in [0.25, 0.3) is 0 Å². The zero-order chi connectivity index (χ0) is 13.1. The minimum Gasteiger partial charge on any atom is -0.318 e. The summed E-state index contributed by atoms with van der Waals surface area (Å²) in [6.07, 6.45) is 1.27. The largest absolute Gasteiger partial charge is 0.318 e. The first kappa shape index (κ1) is 13.4. The van der Waals surface area contributed by atoms with Crippen LogP contribution >= 0.6 is 0 Å². The first-order valence-corrected chi connectivity index (χ1v) is 5.65. The highest BCUT2D eigenvalue weighted by Crippen LogP contribution is 2.22. The van der Waals surface area contributed by atoms with Gasteiger partial charge in [-0.3, -0.25) is 9.59 Å². The van der Waals surface area contributed by atoms with Crippen molar-refractivity contribution < 1.29 is 9.59 Å². The van der Waals surface area contributed by atoms with Crippen molar-refractivity contribution in [3.05, 3.63) is 29.8 Å². The Morgan fingerprint density at radius 2 is 1.76 bits per heavy atom. The number of Topliss-reactive ketones (excluding diaryl/α,β-unsaturated/α-hetero) is 1. The zero-order valence-corrected chi connectivity index (χ0v) is 10.9. The lowest BCUT2D eigenvalue weighted by atomic mass is 9.88. The van der Waals surface area contributed by atoms with E-state index in [4.69, 9.17) is 0 Å². The van der Waals surface area contributed by atoms with Crippen molar-refractivity contribution in [3.63, 3.8) is 0 Å². The molecular weight excluding hydrogens is 214 g/mol. The number of nitrogens with zero attached hydrogens (tertiary/aromatic N) is 1. The van der Waals surface area contributed by atoms with Crippen molar-refractivity contribution in [3.8, 4) is 0 Å². The molecular formula is C14H19NO2. The van der Waals surface area contributed by atoms with Gasteiger partial charge in [-0.25, -0.2) is 0 Å². The summed E-state index contributed by atoms with van der Waals surface area (Å²) in [7, 11) is 1.68. The predicted octanol–water partition coefficient (Wildman–Crippen LogP) is 2.90. The molecule has 0 aromatic heterocycles. The van der Waals surface area contributed by atoms with Gasteiger partial charge in [0, 0.05) is 24.7 Å². The molecule has 0 bridgehead atoms. The van der Waals surface area contributed by atoms with Gasteiger partial charge >= 0.3 is 0 Å². The van der Waals surface area contributed by atoms with Crippen LogP contribution in [-0.4, -0.2) is 19.2 Å². The molecule has 3 heteroatoms. The molecule has 0 aliphatic heterocycles. The molecule has 0 N–H and O–H groups in total. The van der Waals surface area contributed by atoms with Gasteiger partial charge in [-0.2, -0.15) is 0 Å². The Morgan fingerprint density at radius 3 is 2.18 bits per heavy atom. The molecule has 0 unspecified atom stereocenters. The Balaban J connectivity index is 2.81. The Kier molecular flexibility index (Phi) is 4.05. The quantitative estimate of drug-likeness (QED) is 0.592. The monoisotopic (exact) mass is 233 g/mol. The van der Waals surface area contributed by atoms with Crippen LogP contribution in [0.1, 0.15) is 37.6 Å². The molecule has 92 valence electrons. The molecule has 1 rings (SSSR count). The fraction of sp³-hybridized carbons (Fsp3) is 0.429. The molecule has 0 aliphatic carbocycles. The molecule has 17 heavy (non-hydrogen) atoms. The topological polar surface area (TPSA) is 37.4 Å². The van der Waals surface area contributed by atoms with Gasteiger partial charge in [0.05, 0.1) is 0 Å². The first-order chi connectivity index (χ1) is 7.83. The van der Waals surface area contributed by atoms with Crippen LogP contribution in [0.4, 0.5) is 5.69 Å². The number of benzene rings is 1. The van der Waals surface area contributed by atoms with Gasteiger partial charge in [-0.05, 0) is 29.7 Å². The summed E-state index contributed by atoms with van der Waals surface area (Å²) in [6.45, 7) is 6.12. The van der Waals surface area contributed by atoms with Crippen molar-refractivity contribution in [2.45, 2.75) is 27.2 Å². The van der Waals surface area contributed by atoms with Crippen LogP contribution in [-0.2, 0) is 4.79 Å². The van der Waals surface area contributed by atoms with E-state index in [1.807, 2.05) is 20.8 Å². The number of ketones is 1. The smallest absolute Gasteiger partial charge is 0.213 e. The Hall–Kier alpha value is -1.64. The standard InChI is InChI=1S/C14H19NO2/c1-14(2,3)9-13(17)11-5-7-12(8-6-11)15(4)10-16/h5-8,10H,9H2,1-4H3. The van der Waals surface area contributed by atoms with E-state index in [1.165, 1.54) is 4.90 Å². The maximum Gasteiger partial charge on any atom is 0.213 e. The Bertz CT molecular complexity index is 401. The molecule has 1 aromatic rings. The third-order valence-electron chi connectivity index (χ3n) is 2.45. The van der Waals surface area contributed by atoms with Crippen LogP contribution in [0, 0.1) is 5.41 Å². The van der Waals surface area contributed by atoms with Crippen molar-refractivity contribution >= 4 is 17.9 Å². The highest BCUT2D eigenvalue weighted by Gasteiger charge is 2.17. The Morgan fingerprint density at radius 1 is 1.24 bits per heavy atom. The van der Waals surface area contributed by atoms with Gasteiger partial charge in [0.1, 0.15) is 0 Å². The third kappa shape index (κ3) is 4.02. The molecule has 3 nitrogen and oxygen atoms in total. The van der Waals surface area contributed by atoms with E-state index >= 15 is 0 Å². The van der Waals surface area contributed by atoms with Crippen molar-refractivity contribution in [1.82, 2.24) is 0 Å². The van der Waals surface area contributed by atoms with E-state index in [9.17, 15) is 9.59 Å². The van der Waals surface area contributed by atoms with Crippen LogP contribution in [0.3, 0.4) is 0 Å². The average Bonchev–Trinajstić information content (AvgIpc) is 2.26. The fourth-order valence-corrected chi connectivity index (χ4v) is 1.53. The SMILES string of the molecule is CN(C=O)c1ccc(C(=O)CC(C)(C)C)cc1. The molecule has 1 aromatic carbocycles. The molecule has 0 radical (unpaired) electrons. The molecule has 0 atom stereocenters. The second kappa shape index (κ2) is 5.13. The lowest BCUT2D eigenvalue weighted by Crippen LogP contribution is -2.15. The van der Waals surface area contributed by atoms with Gasteiger partial charge in [0.25, 0.3) is 0 Å². The summed E-state index contributed by atoms with van der Waals surface area (Å²) in [4.78, 5) is 24.0. The highest BCUT2D eigenvalue weighted by atomic mass is 16.1. The second-order valence-electron chi connectivity index (χ2n) is 5.42. The zero-order valence-electron chi connectivity index (χ0n) is 10.9. The number of carbonyl (C=O) groups is 2. The number of carbonyl (C=O) groups excluding carboxylic acids is 2. The third-order valence-corrected chi connectivity index (χ3v) is 2.45. The van der Waals surface area contributed by atoms with Crippen LogP contribution in [0.5, 0.6) is 0 Å². The number of hydrogen-bond donors (Lipinski definition) is 0. The summed E-state index contributed by atoms with van der Waals surface area (Å²) in [5.41, 5.74) is 1.48. The maximum atomic E-state index is 11.9. The lowest BCUT2D eigenvalue weighted by Gasteiger charge is -2.17. The molecule has 0 saturated carbocycles.